The largest absolute Gasteiger partial charge is 0.424 e. The number of rotatable bonds is 5. The third-order valence-electron chi connectivity index (χ3n) is 4.11. The molecule has 33 heavy (non-hydrogen) atoms. The fourth-order valence-electron chi connectivity index (χ4n) is 2.85. The summed E-state index contributed by atoms with van der Waals surface area (Å²) in [6.45, 7) is 0. The maximum Gasteiger partial charge on any atom is 0.424 e. The van der Waals surface area contributed by atoms with E-state index in [1.165, 1.54) is 0 Å². The first-order valence-electron chi connectivity index (χ1n) is 7.90. The second kappa shape index (κ2) is 8.73. The van der Waals surface area contributed by atoms with E-state index < -0.39 is 75.6 Å². The van der Waals surface area contributed by atoms with Gasteiger partial charge >= 0.3 is 12.4 Å². The lowest BCUT2D eigenvalue weighted by Gasteiger charge is -2.26. The van der Waals surface area contributed by atoms with Gasteiger partial charge in [0, 0.05) is 23.7 Å². The Kier molecular flexibility index (Phi) is 6.94. The Morgan fingerprint density at radius 2 is 1.30 bits per heavy atom. The van der Waals surface area contributed by atoms with Gasteiger partial charge in [0.15, 0.2) is 0 Å². The van der Waals surface area contributed by atoms with Crippen molar-refractivity contribution < 1.29 is 41.1 Å². The van der Waals surface area contributed by atoms with Gasteiger partial charge in [0.25, 0.3) is 17.1 Å². The Hall–Kier alpha value is -3.02. The van der Waals surface area contributed by atoms with E-state index in [-0.39, 0.29) is 12.1 Å². The molecule has 10 nitrogen and oxygen atoms in total. The van der Waals surface area contributed by atoms with Gasteiger partial charge in [-0.2, -0.15) is 26.3 Å². The lowest BCUT2D eigenvalue weighted by Crippen LogP contribution is -2.21. The van der Waals surface area contributed by atoms with E-state index in [0.29, 0.717) is 11.0 Å². The van der Waals surface area contributed by atoms with Crippen LogP contribution in [-0.4, -0.2) is 21.8 Å². The summed E-state index contributed by atoms with van der Waals surface area (Å²) >= 11 is 5.24. The second-order valence-corrected chi connectivity index (χ2v) is 7.75. The van der Waals surface area contributed by atoms with Crippen molar-refractivity contribution in [2.24, 2.45) is 0 Å². The molecule has 0 saturated heterocycles. The minimum atomic E-state index is -5.41. The van der Waals surface area contributed by atoms with Gasteiger partial charge < -0.3 is 4.90 Å². The predicted octanol–water partition coefficient (Wildman–Crippen LogP) is 6.74. The first-order valence-corrected chi connectivity index (χ1v) is 9.49. The van der Waals surface area contributed by atoms with E-state index in [2.05, 4.69) is 31.9 Å². The Bertz CT molecular complexity index is 1190. The Morgan fingerprint density at radius 3 is 1.70 bits per heavy atom. The molecule has 2 rings (SSSR count). The molecule has 0 spiro atoms. The van der Waals surface area contributed by atoms with Gasteiger partial charge in [0.1, 0.15) is 11.3 Å². The zero-order valence-corrected chi connectivity index (χ0v) is 18.7. The molecule has 0 unspecified atom stereocenters. The molecule has 0 N–H and O–H groups in total. The van der Waals surface area contributed by atoms with E-state index in [9.17, 15) is 56.7 Å². The van der Waals surface area contributed by atoms with Gasteiger partial charge in [-0.05, 0) is 31.9 Å². The van der Waals surface area contributed by atoms with Crippen LogP contribution in [0.15, 0.2) is 27.1 Å². The molecule has 2 aromatic rings. The fourth-order valence-corrected chi connectivity index (χ4v) is 4.70. The molecule has 0 amide bonds. The van der Waals surface area contributed by atoms with Crippen LogP contribution in [0.1, 0.15) is 11.1 Å². The Balaban J connectivity index is 3.03. The number of alkyl halides is 6. The van der Waals surface area contributed by atoms with Crippen molar-refractivity contribution in [1.82, 2.24) is 0 Å². The van der Waals surface area contributed by atoms with Crippen LogP contribution in [0.25, 0.3) is 0 Å². The van der Waals surface area contributed by atoms with Crippen molar-refractivity contribution >= 4 is 60.3 Å². The van der Waals surface area contributed by atoms with Gasteiger partial charge in [-0.3, -0.25) is 30.3 Å². The molecule has 2 aromatic carbocycles. The predicted molar refractivity (Wildman–Crippen MR) is 106 cm³/mol. The first-order chi connectivity index (χ1) is 14.9. The molecule has 0 aliphatic rings. The van der Waals surface area contributed by atoms with Crippen LogP contribution < -0.4 is 4.90 Å². The average Bonchev–Trinajstić information content (AvgIpc) is 2.64. The van der Waals surface area contributed by atoms with E-state index >= 15 is 0 Å². The number of nitro benzene ring substituents is 3. The van der Waals surface area contributed by atoms with Crippen LogP contribution in [0.4, 0.5) is 54.8 Å². The number of benzene rings is 2. The highest BCUT2D eigenvalue weighted by atomic mass is 79.9. The number of hydrogen-bond donors (Lipinski definition) is 0. The zero-order valence-electron chi connectivity index (χ0n) is 15.5. The quantitative estimate of drug-likeness (QED) is 0.208. The highest BCUT2D eigenvalue weighted by Gasteiger charge is 2.45. The van der Waals surface area contributed by atoms with Gasteiger partial charge in [-0.25, -0.2) is 0 Å². The number of nitrogens with zero attached hydrogens (tertiary/aromatic N) is 4. The maximum absolute atomic E-state index is 13.7. The summed E-state index contributed by atoms with van der Waals surface area (Å²) in [5.41, 5.74) is -10.1. The summed E-state index contributed by atoms with van der Waals surface area (Å²) < 4.78 is 80.0. The molecule has 0 aliphatic heterocycles. The van der Waals surface area contributed by atoms with Crippen molar-refractivity contribution in [2.75, 3.05) is 11.9 Å². The van der Waals surface area contributed by atoms with Crippen LogP contribution in [0.5, 0.6) is 0 Å². The molecule has 0 aromatic heterocycles. The van der Waals surface area contributed by atoms with Crippen molar-refractivity contribution in [1.29, 1.82) is 0 Å². The van der Waals surface area contributed by atoms with Gasteiger partial charge in [0.2, 0.25) is 0 Å². The third kappa shape index (κ3) is 5.00. The standard InChI is InChI=1S/C15H6Br2F6N4O6/c1-24(13-7(16)4-8(26(30)31)10(11(13)17)15(21,22)23)12-6(14(18,19)20)2-5(25(28)29)3-9(12)27(32)33/h2-4H,1H3. The van der Waals surface area contributed by atoms with Crippen LogP contribution in [0.2, 0.25) is 0 Å². The SMILES string of the molecule is CN(c1c([N+](=O)[O-])cc([N+](=O)[O-])cc1C(F)(F)F)c1c(Br)cc([N+](=O)[O-])c(C(F)(F)F)c1Br. The molecular weight excluding hydrogens is 606 g/mol. The summed E-state index contributed by atoms with van der Waals surface area (Å²) in [4.78, 5) is 29.8. The number of halogens is 8. The fraction of sp³-hybridized carbons (Fsp3) is 0.200. The summed E-state index contributed by atoms with van der Waals surface area (Å²) in [6, 6.07) is 0.555. The highest BCUT2D eigenvalue weighted by Crippen LogP contribution is 2.52. The minimum Gasteiger partial charge on any atom is -0.337 e. The second-order valence-electron chi connectivity index (χ2n) is 6.10. The summed E-state index contributed by atoms with van der Waals surface area (Å²) in [6.07, 6.45) is -10.8. The van der Waals surface area contributed by atoms with E-state index in [1.807, 2.05) is 0 Å². The minimum absolute atomic E-state index is 0.0172. The molecule has 0 saturated carbocycles. The summed E-state index contributed by atoms with van der Waals surface area (Å²) in [7, 11) is 0.722. The molecule has 0 aliphatic carbocycles. The smallest absolute Gasteiger partial charge is 0.337 e. The number of non-ortho nitro benzene ring substituents is 1. The van der Waals surface area contributed by atoms with Crippen LogP contribution in [0, 0.1) is 30.3 Å². The van der Waals surface area contributed by atoms with Gasteiger partial charge in [0.05, 0.1) is 36.6 Å². The summed E-state index contributed by atoms with van der Waals surface area (Å²) in [5.74, 6) is 0. The van der Waals surface area contributed by atoms with E-state index in [4.69, 9.17) is 0 Å². The van der Waals surface area contributed by atoms with Crippen molar-refractivity contribution in [2.45, 2.75) is 12.4 Å². The number of hydrogen-bond acceptors (Lipinski definition) is 7. The summed E-state index contributed by atoms with van der Waals surface area (Å²) in [5, 5.41) is 33.5. The number of nitro groups is 3. The molecule has 0 atom stereocenters. The van der Waals surface area contributed by atoms with Crippen LogP contribution in [-0.2, 0) is 12.4 Å². The topological polar surface area (TPSA) is 133 Å². The average molecular weight is 612 g/mol. The monoisotopic (exact) mass is 610 g/mol. The van der Waals surface area contributed by atoms with Crippen molar-refractivity contribution in [3.05, 3.63) is 68.6 Å². The molecule has 18 heteroatoms. The highest BCUT2D eigenvalue weighted by molar-refractivity contribution is 9.11. The molecule has 0 fully saturated rings. The number of anilines is 2. The van der Waals surface area contributed by atoms with Crippen molar-refractivity contribution in [3.8, 4) is 0 Å². The Labute approximate surface area is 194 Å². The molecular formula is C15H6Br2F6N4O6. The normalized spacial score (nSPS) is 11.9. The third-order valence-corrected chi connectivity index (χ3v) is 5.49. The lowest BCUT2D eigenvalue weighted by molar-refractivity contribution is -0.394. The van der Waals surface area contributed by atoms with Crippen LogP contribution >= 0.6 is 31.9 Å². The maximum atomic E-state index is 13.7. The zero-order chi connectivity index (χ0) is 25.6. The van der Waals surface area contributed by atoms with Crippen molar-refractivity contribution in [3.63, 3.8) is 0 Å². The van der Waals surface area contributed by atoms with E-state index in [0.717, 1.165) is 7.05 Å². The Morgan fingerprint density at radius 1 is 0.788 bits per heavy atom. The molecule has 0 radical (unpaired) electrons. The first kappa shape index (κ1) is 26.2. The van der Waals surface area contributed by atoms with E-state index in [1.54, 1.807) is 0 Å². The molecule has 0 heterocycles. The molecule has 178 valence electrons. The van der Waals surface area contributed by atoms with Gasteiger partial charge in [-0.1, -0.05) is 0 Å². The van der Waals surface area contributed by atoms with Crippen LogP contribution in [0.3, 0.4) is 0 Å². The van der Waals surface area contributed by atoms with Gasteiger partial charge in [-0.15, -0.1) is 0 Å². The molecule has 0 bridgehead atoms. The lowest BCUT2D eigenvalue weighted by atomic mass is 10.1.